The fraction of sp³-hybridized carbons (Fsp3) is 0.235. The van der Waals surface area contributed by atoms with Gasteiger partial charge in [-0.15, -0.1) is 0 Å². The van der Waals surface area contributed by atoms with Crippen LogP contribution in [0.5, 0.6) is 0 Å². The summed E-state index contributed by atoms with van der Waals surface area (Å²) in [5, 5.41) is 6.33. The van der Waals surface area contributed by atoms with Crippen LogP contribution in [-0.4, -0.2) is 13.0 Å². The summed E-state index contributed by atoms with van der Waals surface area (Å²) in [6, 6.07) is 15.0. The summed E-state index contributed by atoms with van der Waals surface area (Å²) in [6.45, 7) is 3.15. The van der Waals surface area contributed by atoms with E-state index >= 15 is 0 Å². The molecule has 0 saturated heterocycles. The Bertz CT molecular complexity index is 623. The highest BCUT2D eigenvalue weighted by Gasteiger charge is 2.02. The average molecular weight is 285 g/mol. The topological polar surface area (TPSA) is 36.4 Å². The standard InChI is InChI=1S/C17H20FN3/c1-13-6-5-7-14(10-13)11-20-17(19-2)21-12-15-8-3-4-9-16(15)18/h3-10H,11-12H2,1-2H3,(H2,19,20,21). The molecule has 0 aliphatic carbocycles. The van der Waals surface area contributed by atoms with Gasteiger partial charge in [-0.1, -0.05) is 48.0 Å². The maximum absolute atomic E-state index is 13.5. The monoisotopic (exact) mass is 285 g/mol. The Hall–Kier alpha value is -2.36. The van der Waals surface area contributed by atoms with E-state index in [-0.39, 0.29) is 5.82 Å². The highest BCUT2D eigenvalue weighted by atomic mass is 19.1. The van der Waals surface area contributed by atoms with E-state index in [9.17, 15) is 4.39 Å². The van der Waals surface area contributed by atoms with Gasteiger partial charge in [0.05, 0.1) is 0 Å². The third-order valence-electron chi connectivity index (χ3n) is 3.17. The first-order chi connectivity index (χ1) is 10.2. The normalized spacial score (nSPS) is 11.3. The number of nitrogens with zero attached hydrogens (tertiary/aromatic N) is 1. The molecule has 0 bridgehead atoms. The lowest BCUT2D eigenvalue weighted by Gasteiger charge is -2.12. The van der Waals surface area contributed by atoms with Crippen molar-refractivity contribution >= 4 is 5.96 Å². The number of benzene rings is 2. The zero-order valence-electron chi connectivity index (χ0n) is 12.4. The molecule has 110 valence electrons. The highest BCUT2D eigenvalue weighted by molar-refractivity contribution is 5.79. The maximum atomic E-state index is 13.5. The lowest BCUT2D eigenvalue weighted by atomic mass is 10.1. The summed E-state index contributed by atoms with van der Waals surface area (Å²) in [5.74, 6) is 0.443. The van der Waals surface area contributed by atoms with Crippen LogP contribution in [0.3, 0.4) is 0 Å². The van der Waals surface area contributed by atoms with Gasteiger partial charge in [0.25, 0.3) is 0 Å². The van der Waals surface area contributed by atoms with Crippen molar-refractivity contribution in [2.75, 3.05) is 7.05 Å². The van der Waals surface area contributed by atoms with Crippen LogP contribution in [-0.2, 0) is 13.1 Å². The second-order valence-corrected chi connectivity index (χ2v) is 4.86. The third-order valence-corrected chi connectivity index (χ3v) is 3.17. The fourth-order valence-corrected chi connectivity index (χ4v) is 2.05. The molecule has 0 aliphatic rings. The van der Waals surface area contributed by atoms with E-state index in [1.54, 1.807) is 19.2 Å². The van der Waals surface area contributed by atoms with Crippen molar-refractivity contribution in [3.8, 4) is 0 Å². The fourth-order valence-electron chi connectivity index (χ4n) is 2.05. The van der Waals surface area contributed by atoms with Crippen LogP contribution >= 0.6 is 0 Å². The Kier molecular flexibility index (Phi) is 5.32. The SMILES string of the molecule is CN=C(NCc1cccc(C)c1)NCc1ccccc1F. The van der Waals surface area contributed by atoms with E-state index in [0.29, 0.717) is 24.6 Å². The van der Waals surface area contributed by atoms with Gasteiger partial charge in [0.15, 0.2) is 5.96 Å². The summed E-state index contributed by atoms with van der Waals surface area (Å²) < 4.78 is 13.5. The predicted octanol–water partition coefficient (Wildman–Crippen LogP) is 3.00. The Morgan fingerprint density at radius 2 is 1.81 bits per heavy atom. The largest absolute Gasteiger partial charge is 0.352 e. The van der Waals surface area contributed by atoms with Crippen molar-refractivity contribution in [2.45, 2.75) is 20.0 Å². The molecule has 2 aromatic rings. The Balaban J connectivity index is 1.88. The highest BCUT2D eigenvalue weighted by Crippen LogP contribution is 2.06. The van der Waals surface area contributed by atoms with Crippen molar-refractivity contribution in [3.05, 3.63) is 71.0 Å². The number of aliphatic imine (C=N–C) groups is 1. The van der Waals surface area contributed by atoms with Crippen LogP contribution in [0.25, 0.3) is 0 Å². The molecule has 2 rings (SSSR count). The Morgan fingerprint density at radius 3 is 2.52 bits per heavy atom. The number of hydrogen-bond acceptors (Lipinski definition) is 1. The zero-order chi connectivity index (χ0) is 15.1. The average Bonchev–Trinajstić information content (AvgIpc) is 2.49. The molecule has 0 aliphatic heterocycles. The molecule has 0 atom stereocenters. The molecule has 4 heteroatoms. The second kappa shape index (κ2) is 7.43. The molecule has 2 aromatic carbocycles. The summed E-state index contributed by atoms with van der Waals surface area (Å²) in [7, 11) is 1.70. The number of nitrogens with one attached hydrogen (secondary N) is 2. The number of halogens is 1. The summed E-state index contributed by atoms with van der Waals surface area (Å²) in [6.07, 6.45) is 0. The van der Waals surface area contributed by atoms with Gasteiger partial charge >= 0.3 is 0 Å². The van der Waals surface area contributed by atoms with E-state index in [1.165, 1.54) is 17.2 Å². The number of aryl methyl sites for hydroxylation is 1. The van der Waals surface area contributed by atoms with E-state index in [2.05, 4.69) is 40.7 Å². The van der Waals surface area contributed by atoms with Crippen molar-refractivity contribution < 1.29 is 4.39 Å². The van der Waals surface area contributed by atoms with Crippen molar-refractivity contribution in [1.29, 1.82) is 0 Å². The molecular weight excluding hydrogens is 265 g/mol. The molecule has 0 amide bonds. The minimum Gasteiger partial charge on any atom is -0.352 e. The van der Waals surface area contributed by atoms with Gasteiger partial charge in [0.2, 0.25) is 0 Å². The number of guanidine groups is 1. The first-order valence-corrected chi connectivity index (χ1v) is 6.92. The minimum absolute atomic E-state index is 0.209. The van der Waals surface area contributed by atoms with Crippen LogP contribution in [0.2, 0.25) is 0 Å². The van der Waals surface area contributed by atoms with Crippen molar-refractivity contribution in [3.63, 3.8) is 0 Å². The van der Waals surface area contributed by atoms with Gasteiger partial charge < -0.3 is 10.6 Å². The Labute approximate surface area is 124 Å². The second-order valence-electron chi connectivity index (χ2n) is 4.86. The summed E-state index contributed by atoms with van der Waals surface area (Å²) >= 11 is 0. The molecule has 21 heavy (non-hydrogen) atoms. The van der Waals surface area contributed by atoms with Crippen LogP contribution in [0.4, 0.5) is 4.39 Å². The number of hydrogen-bond donors (Lipinski definition) is 2. The summed E-state index contributed by atoms with van der Waals surface area (Å²) in [4.78, 5) is 4.14. The lowest BCUT2D eigenvalue weighted by Crippen LogP contribution is -2.36. The van der Waals surface area contributed by atoms with Crippen LogP contribution < -0.4 is 10.6 Å². The van der Waals surface area contributed by atoms with Gasteiger partial charge in [0.1, 0.15) is 5.82 Å². The molecule has 2 N–H and O–H groups in total. The zero-order valence-corrected chi connectivity index (χ0v) is 12.4. The Morgan fingerprint density at radius 1 is 1.05 bits per heavy atom. The van der Waals surface area contributed by atoms with E-state index in [4.69, 9.17) is 0 Å². The first-order valence-electron chi connectivity index (χ1n) is 6.92. The van der Waals surface area contributed by atoms with Crippen LogP contribution in [0.1, 0.15) is 16.7 Å². The molecule has 0 fully saturated rings. The molecule has 3 nitrogen and oxygen atoms in total. The van der Waals surface area contributed by atoms with Gasteiger partial charge in [0, 0.05) is 25.7 Å². The van der Waals surface area contributed by atoms with Gasteiger partial charge in [-0.05, 0) is 18.6 Å². The first kappa shape index (κ1) is 15.0. The molecule has 0 aromatic heterocycles. The van der Waals surface area contributed by atoms with Crippen LogP contribution in [0, 0.1) is 12.7 Å². The molecule has 0 radical (unpaired) electrons. The molecular formula is C17H20FN3. The summed E-state index contributed by atoms with van der Waals surface area (Å²) in [5.41, 5.74) is 3.03. The molecule has 0 saturated carbocycles. The van der Waals surface area contributed by atoms with Gasteiger partial charge in [-0.2, -0.15) is 0 Å². The third kappa shape index (κ3) is 4.60. The smallest absolute Gasteiger partial charge is 0.191 e. The maximum Gasteiger partial charge on any atom is 0.191 e. The molecule has 0 heterocycles. The van der Waals surface area contributed by atoms with Crippen molar-refractivity contribution in [1.82, 2.24) is 10.6 Å². The molecule has 0 unspecified atom stereocenters. The quantitative estimate of drug-likeness (QED) is 0.669. The molecule has 0 spiro atoms. The number of rotatable bonds is 4. The van der Waals surface area contributed by atoms with Gasteiger partial charge in [-0.25, -0.2) is 4.39 Å². The van der Waals surface area contributed by atoms with E-state index in [1.807, 2.05) is 12.1 Å². The van der Waals surface area contributed by atoms with E-state index in [0.717, 1.165) is 0 Å². The minimum atomic E-state index is -0.209. The predicted molar refractivity (Wildman–Crippen MR) is 84.6 cm³/mol. The van der Waals surface area contributed by atoms with E-state index < -0.39 is 0 Å². The van der Waals surface area contributed by atoms with Crippen molar-refractivity contribution in [2.24, 2.45) is 4.99 Å². The van der Waals surface area contributed by atoms with Gasteiger partial charge in [-0.3, -0.25) is 4.99 Å². The van der Waals surface area contributed by atoms with Crippen LogP contribution in [0.15, 0.2) is 53.5 Å². The lowest BCUT2D eigenvalue weighted by molar-refractivity contribution is 0.604.